The van der Waals surface area contributed by atoms with Gasteiger partial charge in [-0.1, -0.05) is 35.4 Å². The van der Waals surface area contributed by atoms with Crippen molar-refractivity contribution in [3.8, 4) is 0 Å². The molecule has 0 amide bonds. The molecular formula is C16H18O4S4. The lowest BCUT2D eigenvalue weighted by Crippen LogP contribution is -2.14. The summed E-state index contributed by atoms with van der Waals surface area (Å²) < 4.78 is 35.2. The number of aryl methyl sites for hydroxylation is 2. The Morgan fingerprint density at radius 2 is 1.00 bits per heavy atom. The van der Waals surface area contributed by atoms with Gasteiger partial charge in [0.25, 0.3) is 0 Å². The van der Waals surface area contributed by atoms with Gasteiger partial charge in [-0.2, -0.15) is 0 Å². The highest BCUT2D eigenvalue weighted by Gasteiger charge is 2.13. The third kappa shape index (κ3) is 5.30. The van der Waals surface area contributed by atoms with Crippen molar-refractivity contribution in [3.63, 3.8) is 0 Å². The van der Waals surface area contributed by atoms with Gasteiger partial charge in [-0.15, -0.1) is 0 Å². The van der Waals surface area contributed by atoms with Gasteiger partial charge in [0.1, 0.15) is 0 Å². The Kier molecular flexibility index (Phi) is 6.46. The topological polar surface area (TPSA) is 52.6 Å². The minimum absolute atomic E-state index is 0.0598. The zero-order chi connectivity index (χ0) is 17.8. The maximum absolute atomic E-state index is 12.4. The molecule has 0 bridgehead atoms. The molecule has 4 nitrogen and oxygen atoms in total. The molecule has 0 fully saturated rings. The maximum Gasteiger partial charge on any atom is 0.173 e. The van der Waals surface area contributed by atoms with Crippen molar-refractivity contribution in [1.82, 2.24) is 0 Å². The highest BCUT2D eigenvalue weighted by atomic mass is 32.8. The van der Waals surface area contributed by atoms with E-state index in [1.54, 1.807) is 24.3 Å². The molecule has 0 spiro atoms. The summed E-state index contributed by atoms with van der Waals surface area (Å²) in [5, 5.41) is 0. The molecule has 0 N–H and O–H groups in total. The summed E-state index contributed by atoms with van der Waals surface area (Å²) in [6.45, 7) is 3.73. The average Bonchev–Trinajstić information content (AvgIpc) is 2.52. The van der Waals surface area contributed by atoms with E-state index in [-0.39, 0.29) is 13.2 Å². The first-order valence-corrected chi connectivity index (χ1v) is 11.9. The van der Waals surface area contributed by atoms with Gasteiger partial charge in [-0.25, -0.2) is 8.42 Å². The second kappa shape index (κ2) is 7.99. The van der Waals surface area contributed by atoms with Crippen molar-refractivity contribution < 1.29 is 16.8 Å². The van der Waals surface area contributed by atoms with E-state index in [0.717, 1.165) is 11.1 Å². The van der Waals surface area contributed by atoms with Gasteiger partial charge >= 0.3 is 0 Å². The quantitative estimate of drug-likeness (QED) is 0.664. The minimum atomic E-state index is -3.04. The van der Waals surface area contributed by atoms with E-state index in [4.69, 9.17) is 30.7 Å². The van der Waals surface area contributed by atoms with Crippen LogP contribution in [0.15, 0.2) is 58.3 Å². The molecule has 2 rings (SSSR count). The molecule has 0 aliphatic heterocycles. The highest BCUT2D eigenvalue weighted by molar-refractivity contribution is 8.30. The number of hydrogen-bond donors (Lipinski definition) is 0. The van der Waals surface area contributed by atoms with Crippen molar-refractivity contribution >= 4 is 39.9 Å². The predicted molar refractivity (Wildman–Crippen MR) is 102 cm³/mol. The lowest BCUT2D eigenvalue weighted by atomic mass is 10.2. The van der Waals surface area contributed by atoms with Crippen LogP contribution >= 0.6 is 0 Å². The third-order valence-corrected chi connectivity index (χ3v) is 7.56. The second-order valence-corrected chi connectivity index (χ2v) is 11.0. The van der Waals surface area contributed by atoms with Crippen LogP contribution in [-0.2, 0) is 48.3 Å². The zero-order valence-electron chi connectivity index (χ0n) is 13.3. The fraction of sp³-hybridized carbons (Fsp3) is 0.250. The second-order valence-electron chi connectivity index (χ2n) is 5.18. The van der Waals surface area contributed by atoms with Crippen LogP contribution in [0.1, 0.15) is 11.1 Å². The summed E-state index contributed by atoms with van der Waals surface area (Å²) in [5.41, 5.74) is 2.08. The SMILES string of the molecule is Cc1ccc(S(=O)(=S)OCCOS(=O)(=S)c2ccc(C)cc2)cc1. The molecule has 0 saturated carbocycles. The molecule has 2 aromatic carbocycles. The normalized spacial score (nSPS) is 16.2. The molecule has 0 aromatic heterocycles. The largest absolute Gasteiger partial charge is 0.284 e. The van der Waals surface area contributed by atoms with Gasteiger partial charge in [0.05, 0.1) is 23.0 Å². The Morgan fingerprint density at radius 3 is 1.29 bits per heavy atom. The Labute approximate surface area is 152 Å². The van der Waals surface area contributed by atoms with E-state index in [1.165, 1.54) is 0 Å². The van der Waals surface area contributed by atoms with Gasteiger partial charge < -0.3 is 0 Å². The maximum atomic E-state index is 12.4. The van der Waals surface area contributed by atoms with Gasteiger partial charge in [-0.05, 0) is 38.1 Å². The minimum Gasteiger partial charge on any atom is -0.284 e. The molecule has 130 valence electrons. The lowest BCUT2D eigenvalue weighted by Gasteiger charge is -2.11. The summed E-state index contributed by atoms with van der Waals surface area (Å²) >= 11 is 10.0. The molecule has 0 heterocycles. The summed E-state index contributed by atoms with van der Waals surface area (Å²) in [7, 11) is -6.08. The Bertz CT molecular complexity index is 807. The smallest absolute Gasteiger partial charge is 0.173 e. The third-order valence-electron chi connectivity index (χ3n) is 3.18. The van der Waals surface area contributed by atoms with Crippen LogP contribution in [0.25, 0.3) is 0 Å². The summed E-state index contributed by atoms with van der Waals surface area (Å²) in [5.74, 6) is 0. The van der Waals surface area contributed by atoms with E-state index < -0.39 is 17.5 Å². The molecular weight excluding hydrogens is 384 g/mol. The van der Waals surface area contributed by atoms with Crippen LogP contribution in [0, 0.1) is 13.8 Å². The molecule has 8 heteroatoms. The number of hydrogen-bond acceptors (Lipinski definition) is 6. The van der Waals surface area contributed by atoms with Crippen molar-refractivity contribution in [2.24, 2.45) is 0 Å². The van der Waals surface area contributed by atoms with Crippen LogP contribution in [0.5, 0.6) is 0 Å². The summed E-state index contributed by atoms with van der Waals surface area (Å²) in [6.07, 6.45) is 0. The first-order valence-electron chi connectivity index (χ1n) is 7.13. The zero-order valence-corrected chi connectivity index (χ0v) is 16.6. The number of benzene rings is 2. The fourth-order valence-corrected chi connectivity index (χ4v) is 4.69. The lowest BCUT2D eigenvalue weighted by molar-refractivity contribution is 0.244. The molecule has 0 radical (unpaired) electrons. The van der Waals surface area contributed by atoms with Crippen LogP contribution < -0.4 is 0 Å². The molecule has 2 aromatic rings. The molecule has 0 saturated heterocycles. The average molecular weight is 403 g/mol. The Balaban J connectivity index is 1.92. The number of rotatable bonds is 7. The van der Waals surface area contributed by atoms with Crippen LogP contribution in [0.4, 0.5) is 0 Å². The van der Waals surface area contributed by atoms with Gasteiger partial charge in [0, 0.05) is 22.4 Å². The van der Waals surface area contributed by atoms with E-state index in [2.05, 4.69) is 0 Å². The van der Waals surface area contributed by atoms with Gasteiger partial charge in [-0.3, -0.25) is 8.37 Å². The Hall–Kier alpha value is -0.900. The molecule has 0 aliphatic carbocycles. The molecule has 2 atom stereocenters. The molecule has 24 heavy (non-hydrogen) atoms. The summed E-state index contributed by atoms with van der Waals surface area (Å²) in [6, 6.07) is 14.0. The van der Waals surface area contributed by atoms with Crippen molar-refractivity contribution in [1.29, 1.82) is 0 Å². The van der Waals surface area contributed by atoms with E-state index in [0.29, 0.717) is 9.79 Å². The van der Waals surface area contributed by atoms with E-state index >= 15 is 0 Å². The molecule has 0 aliphatic rings. The van der Waals surface area contributed by atoms with Gasteiger partial charge in [0.15, 0.2) is 17.5 Å². The first-order chi connectivity index (χ1) is 11.2. The van der Waals surface area contributed by atoms with Crippen molar-refractivity contribution in [2.45, 2.75) is 23.6 Å². The van der Waals surface area contributed by atoms with Crippen LogP contribution in [-0.4, -0.2) is 21.6 Å². The van der Waals surface area contributed by atoms with Crippen molar-refractivity contribution in [3.05, 3.63) is 59.7 Å². The first kappa shape index (κ1) is 19.4. The fourth-order valence-electron chi connectivity index (χ4n) is 1.83. The van der Waals surface area contributed by atoms with Gasteiger partial charge in [0.2, 0.25) is 0 Å². The summed E-state index contributed by atoms with van der Waals surface area (Å²) in [4.78, 5) is 0.862. The monoisotopic (exact) mass is 402 g/mol. The van der Waals surface area contributed by atoms with Crippen molar-refractivity contribution in [2.75, 3.05) is 13.2 Å². The van der Waals surface area contributed by atoms with Crippen LogP contribution in [0.2, 0.25) is 0 Å². The van der Waals surface area contributed by atoms with E-state index in [9.17, 15) is 8.42 Å². The van der Waals surface area contributed by atoms with E-state index in [1.807, 2.05) is 38.1 Å². The highest BCUT2D eigenvalue weighted by Crippen LogP contribution is 2.16. The molecule has 2 unspecified atom stereocenters. The standard InChI is InChI=1S/C16H18O4S4/c1-13-3-7-15(8-4-13)23(17,21)19-11-12-20-24(18,22)16-9-5-14(2)6-10-16/h3-10H,11-12H2,1-2H3. The predicted octanol–water partition coefficient (Wildman–Crippen LogP) is 3.08. The Morgan fingerprint density at radius 1 is 0.708 bits per heavy atom. The van der Waals surface area contributed by atoms with Crippen LogP contribution in [0.3, 0.4) is 0 Å².